The first-order valence-electron chi connectivity index (χ1n) is 25.1. The molecule has 4 aromatic heterocycles. The average Bonchev–Trinajstić information content (AvgIpc) is 4.02. The van der Waals surface area contributed by atoms with Crippen LogP contribution in [0.15, 0.2) is 243 Å². The minimum Gasteiger partial charge on any atom is -0.387 e. The molecule has 0 radical (unpaired) electrons. The molecule has 10 heteroatoms. The van der Waals surface area contributed by atoms with Gasteiger partial charge in [0.25, 0.3) is 0 Å². The van der Waals surface area contributed by atoms with Crippen LogP contribution in [0.5, 0.6) is 0 Å². The maximum Gasteiger partial charge on any atom is 0.164 e. The number of fused-ring (bicyclic) bond motifs is 6. The molecule has 0 bridgehead atoms. The molecular weight excluding hydrogens is 909 g/mol. The third kappa shape index (κ3) is 7.82. The molecule has 12 aromatic rings. The van der Waals surface area contributed by atoms with Gasteiger partial charge in [0, 0.05) is 68.5 Å². The van der Waals surface area contributed by atoms with E-state index in [2.05, 4.69) is 211 Å². The standard InChI is InChI=1S/C64H48N10/c1-3-11-41(12-4-1)59-67-61(71-63(69-59)45-31-35-65-36-32-45)43-19-25-49(26-20-43)73-55-17-9-7-15-51(55)53-39-47(23-29-57(53)73)48-24-30-58-54(40-48)52-16-8-10-18-56(52)74(58)50-27-21-44(22-28-50)62-68-60(42-13-5-2-6-14-42)70-64(72-62)46-33-37-66-38-34-46/h1-37,39-40,60,62,64,66,68,70,72H,38H2. The molecule has 74 heavy (non-hydrogen) atoms. The number of hydrogen-bond acceptors (Lipinski definition) is 8. The molecule has 14 rings (SSSR count). The van der Waals surface area contributed by atoms with E-state index in [0.717, 1.165) is 56.7 Å². The Morgan fingerprint density at radius 3 is 1.38 bits per heavy atom. The summed E-state index contributed by atoms with van der Waals surface area (Å²) >= 11 is 0. The normalized spacial score (nSPS) is 16.7. The Morgan fingerprint density at radius 2 is 0.824 bits per heavy atom. The molecule has 354 valence electrons. The highest BCUT2D eigenvalue weighted by atomic mass is 15.4. The van der Waals surface area contributed by atoms with Gasteiger partial charge >= 0.3 is 0 Å². The summed E-state index contributed by atoms with van der Waals surface area (Å²) in [7, 11) is 0. The van der Waals surface area contributed by atoms with E-state index < -0.39 is 0 Å². The highest BCUT2D eigenvalue weighted by molar-refractivity contribution is 6.12. The van der Waals surface area contributed by atoms with Gasteiger partial charge in [0.2, 0.25) is 0 Å². The van der Waals surface area contributed by atoms with Crippen LogP contribution in [0.3, 0.4) is 0 Å². The first kappa shape index (κ1) is 43.5. The van der Waals surface area contributed by atoms with Crippen molar-refractivity contribution in [2.75, 3.05) is 6.54 Å². The quantitative estimate of drug-likeness (QED) is 0.113. The van der Waals surface area contributed by atoms with Crippen LogP contribution in [0, 0.1) is 0 Å². The van der Waals surface area contributed by atoms with Crippen molar-refractivity contribution < 1.29 is 0 Å². The molecule has 3 unspecified atom stereocenters. The lowest BCUT2D eigenvalue weighted by molar-refractivity contribution is 0.224. The van der Waals surface area contributed by atoms with Crippen LogP contribution < -0.4 is 21.3 Å². The number of pyridine rings is 1. The van der Waals surface area contributed by atoms with E-state index in [1.807, 2.05) is 48.7 Å². The highest BCUT2D eigenvalue weighted by Crippen LogP contribution is 2.39. The Kier molecular flexibility index (Phi) is 10.8. The maximum absolute atomic E-state index is 4.97. The van der Waals surface area contributed by atoms with E-state index in [0.29, 0.717) is 17.5 Å². The summed E-state index contributed by atoms with van der Waals surface area (Å²) in [5.74, 6) is 1.84. The number of benzene rings is 8. The summed E-state index contributed by atoms with van der Waals surface area (Å²) in [5, 5.41) is 19.6. The molecule has 2 aliphatic rings. The lowest BCUT2D eigenvalue weighted by Gasteiger charge is -2.40. The van der Waals surface area contributed by atoms with Gasteiger partial charge in [-0.05, 0) is 125 Å². The van der Waals surface area contributed by atoms with Gasteiger partial charge in [-0.3, -0.25) is 20.9 Å². The van der Waals surface area contributed by atoms with Gasteiger partial charge in [0.1, 0.15) is 0 Å². The molecule has 10 nitrogen and oxygen atoms in total. The van der Waals surface area contributed by atoms with Crippen molar-refractivity contribution in [1.82, 2.24) is 50.3 Å². The summed E-state index contributed by atoms with van der Waals surface area (Å²) < 4.78 is 4.75. The average molecular weight is 957 g/mol. The number of dihydropyridines is 1. The number of hydrogen-bond donors (Lipinski definition) is 4. The molecule has 1 fully saturated rings. The van der Waals surface area contributed by atoms with Crippen LogP contribution >= 0.6 is 0 Å². The second-order valence-corrected chi connectivity index (χ2v) is 18.9. The summed E-state index contributed by atoms with van der Waals surface area (Å²) in [6, 6.07) is 73.3. The number of aromatic nitrogens is 6. The Hall–Kier alpha value is -9.32. The summed E-state index contributed by atoms with van der Waals surface area (Å²) in [6.45, 7) is 0.810. The second-order valence-electron chi connectivity index (χ2n) is 18.9. The van der Waals surface area contributed by atoms with E-state index in [1.54, 1.807) is 12.4 Å². The van der Waals surface area contributed by atoms with Crippen LogP contribution in [0.1, 0.15) is 23.5 Å². The predicted octanol–water partition coefficient (Wildman–Crippen LogP) is 13.0. The fraction of sp³-hybridized carbons (Fsp3) is 0.0625. The zero-order chi connectivity index (χ0) is 49.0. The number of rotatable bonds is 9. The van der Waals surface area contributed by atoms with Crippen molar-refractivity contribution in [2.24, 2.45) is 0 Å². The molecule has 1 saturated heterocycles. The topological polar surface area (TPSA) is 110 Å². The van der Waals surface area contributed by atoms with Gasteiger partial charge in [-0.25, -0.2) is 15.0 Å². The zero-order valence-corrected chi connectivity index (χ0v) is 40.1. The second kappa shape index (κ2) is 18.4. The van der Waals surface area contributed by atoms with Crippen molar-refractivity contribution in [2.45, 2.75) is 18.5 Å². The first-order chi connectivity index (χ1) is 36.7. The molecule has 2 aliphatic heterocycles. The lowest BCUT2D eigenvalue weighted by atomic mass is 10.0. The van der Waals surface area contributed by atoms with Gasteiger partial charge in [0.05, 0.1) is 40.6 Å². The zero-order valence-electron chi connectivity index (χ0n) is 40.1. The van der Waals surface area contributed by atoms with E-state index in [1.165, 1.54) is 49.3 Å². The molecule has 0 spiro atoms. The smallest absolute Gasteiger partial charge is 0.164 e. The first-order valence-corrected chi connectivity index (χ1v) is 25.1. The summed E-state index contributed by atoms with van der Waals surface area (Å²) in [4.78, 5) is 19.0. The van der Waals surface area contributed by atoms with E-state index in [9.17, 15) is 0 Å². The SMILES string of the molecule is C1=CC(C2NC(c3ccccc3)NC(c3ccc(-n4c5ccccc5c5cc(-c6ccc7c(c6)c6ccccc6n7-c6ccc(-c7nc(-c8ccccc8)nc(-c8ccncc8)n7)cc6)ccc54)cc3)N2)=CCN1. The van der Waals surface area contributed by atoms with Gasteiger partial charge < -0.3 is 14.5 Å². The van der Waals surface area contributed by atoms with Crippen LogP contribution in [0.25, 0.3) is 100 Å². The van der Waals surface area contributed by atoms with E-state index in [-0.39, 0.29) is 18.5 Å². The number of para-hydroxylation sites is 2. The molecule has 3 atom stereocenters. The number of nitrogens with one attached hydrogen (secondary N) is 4. The highest BCUT2D eigenvalue weighted by Gasteiger charge is 2.30. The van der Waals surface area contributed by atoms with Crippen LogP contribution in [0.2, 0.25) is 0 Å². The van der Waals surface area contributed by atoms with Crippen molar-refractivity contribution in [3.63, 3.8) is 0 Å². The van der Waals surface area contributed by atoms with E-state index >= 15 is 0 Å². The monoisotopic (exact) mass is 956 g/mol. The third-order valence-corrected chi connectivity index (χ3v) is 14.5. The predicted molar refractivity (Wildman–Crippen MR) is 298 cm³/mol. The van der Waals surface area contributed by atoms with Crippen molar-refractivity contribution in [3.8, 4) is 56.7 Å². The molecule has 4 N–H and O–H groups in total. The lowest BCUT2D eigenvalue weighted by Crippen LogP contribution is -2.59. The van der Waals surface area contributed by atoms with Gasteiger partial charge in [-0.1, -0.05) is 127 Å². The van der Waals surface area contributed by atoms with Crippen LogP contribution in [-0.4, -0.2) is 41.8 Å². The van der Waals surface area contributed by atoms with Crippen LogP contribution in [-0.2, 0) is 0 Å². The van der Waals surface area contributed by atoms with Gasteiger partial charge in [-0.15, -0.1) is 0 Å². The maximum atomic E-state index is 4.97. The third-order valence-electron chi connectivity index (χ3n) is 14.5. The molecule has 0 amide bonds. The Balaban J connectivity index is 0.792. The van der Waals surface area contributed by atoms with E-state index in [4.69, 9.17) is 15.0 Å². The van der Waals surface area contributed by atoms with Crippen molar-refractivity contribution in [3.05, 3.63) is 254 Å². The number of nitrogens with zero attached hydrogens (tertiary/aromatic N) is 6. The molecular formula is C64H48N10. The summed E-state index contributed by atoms with van der Waals surface area (Å²) in [6.07, 6.45) is 9.81. The minimum absolute atomic E-state index is 0.0224. The molecule has 8 aromatic carbocycles. The molecule has 0 saturated carbocycles. The Bertz CT molecular complexity index is 4050. The van der Waals surface area contributed by atoms with Crippen LogP contribution in [0.4, 0.5) is 0 Å². The van der Waals surface area contributed by atoms with Crippen molar-refractivity contribution in [1.29, 1.82) is 0 Å². The fourth-order valence-corrected chi connectivity index (χ4v) is 10.8. The molecule has 6 heterocycles. The van der Waals surface area contributed by atoms with Gasteiger partial charge in [0.15, 0.2) is 17.5 Å². The Morgan fingerprint density at radius 1 is 0.378 bits per heavy atom. The fourth-order valence-electron chi connectivity index (χ4n) is 10.8. The largest absolute Gasteiger partial charge is 0.387 e. The van der Waals surface area contributed by atoms with Gasteiger partial charge in [-0.2, -0.15) is 0 Å². The summed E-state index contributed by atoms with van der Waals surface area (Å²) in [5.41, 5.74) is 15.4. The Labute approximate surface area is 427 Å². The minimum atomic E-state index is -0.0770. The molecule has 0 aliphatic carbocycles. The van der Waals surface area contributed by atoms with Crippen molar-refractivity contribution >= 4 is 43.6 Å².